The lowest BCUT2D eigenvalue weighted by atomic mass is 9.49. The van der Waals surface area contributed by atoms with E-state index in [9.17, 15) is 4.79 Å². The van der Waals surface area contributed by atoms with Crippen LogP contribution < -0.4 is 5.32 Å². The average Bonchev–Trinajstić information content (AvgIpc) is 2.67. The number of hydrogen-bond donors (Lipinski definition) is 1. The van der Waals surface area contributed by atoms with Crippen molar-refractivity contribution in [2.75, 3.05) is 32.8 Å². The minimum atomic E-state index is 0.101. The molecule has 5 aliphatic rings. The topological polar surface area (TPSA) is 41.6 Å². The van der Waals surface area contributed by atoms with Gasteiger partial charge in [0.1, 0.15) is 0 Å². The van der Waals surface area contributed by atoms with Crippen LogP contribution in [0.4, 0.5) is 0 Å². The number of nitrogens with one attached hydrogen (secondary N) is 1. The Bertz CT molecular complexity index is 643. The van der Waals surface area contributed by atoms with Crippen LogP contribution in [0.2, 0.25) is 0 Å². The van der Waals surface area contributed by atoms with Crippen LogP contribution >= 0.6 is 0 Å². The molecule has 4 bridgehead atoms. The highest BCUT2D eigenvalue weighted by molar-refractivity contribution is 5.94. The van der Waals surface area contributed by atoms with Crippen LogP contribution in [0.25, 0.3) is 0 Å². The van der Waals surface area contributed by atoms with Gasteiger partial charge in [-0.15, -0.1) is 0 Å². The summed E-state index contributed by atoms with van der Waals surface area (Å²) in [5.41, 5.74) is 2.47. The maximum absolute atomic E-state index is 12.7. The zero-order valence-corrected chi connectivity index (χ0v) is 16.3. The molecule has 0 unspecified atom stereocenters. The fraction of sp³-hybridized carbons (Fsp3) is 0.696. The maximum atomic E-state index is 12.7. The molecule has 0 aromatic heterocycles. The van der Waals surface area contributed by atoms with E-state index in [0.717, 1.165) is 62.7 Å². The van der Waals surface area contributed by atoms with Gasteiger partial charge in [-0.3, -0.25) is 9.69 Å². The van der Waals surface area contributed by atoms with E-state index in [1.807, 2.05) is 12.1 Å². The Morgan fingerprint density at radius 2 is 1.59 bits per heavy atom. The Morgan fingerprint density at radius 1 is 1.00 bits per heavy atom. The molecule has 1 aliphatic heterocycles. The SMILES string of the molecule is O=C(NCC12CC3CC(CC(C3)C1)C2)c1ccc(CN2CCOCC2)cc1. The van der Waals surface area contributed by atoms with E-state index in [-0.39, 0.29) is 5.91 Å². The number of morpholine rings is 1. The second-order valence-corrected chi connectivity index (χ2v) is 9.69. The standard InChI is InChI=1S/C23H32N2O2/c26-22(21-3-1-17(2-4-21)15-25-5-7-27-8-6-25)24-16-23-12-18-9-19(13-23)11-20(10-18)14-23/h1-4,18-20H,5-16H2,(H,24,26). The molecule has 1 N–H and O–H groups in total. The van der Waals surface area contributed by atoms with Crippen LogP contribution in [-0.4, -0.2) is 43.7 Å². The van der Waals surface area contributed by atoms with Crippen molar-refractivity contribution in [3.8, 4) is 0 Å². The average molecular weight is 369 g/mol. The number of carbonyl (C=O) groups is 1. The fourth-order valence-corrected chi connectivity index (χ4v) is 6.66. The lowest BCUT2D eigenvalue weighted by Crippen LogP contribution is -2.51. The summed E-state index contributed by atoms with van der Waals surface area (Å²) >= 11 is 0. The van der Waals surface area contributed by atoms with E-state index < -0.39 is 0 Å². The summed E-state index contributed by atoms with van der Waals surface area (Å²) in [6.07, 6.45) is 8.40. The molecule has 4 heteroatoms. The highest BCUT2D eigenvalue weighted by Crippen LogP contribution is 2.59. The Morgan fingerprint density at radius 3 is 2.19 bits per heavy atom. The highest BCUT2D eigenvalue weighted by atomic mass is 16.5. The first-order chi connectivity index (χ1) is 13.2. The lowest BCUT2D eigenvalue weighted by Gasteiger charge is -2.56. The minimum absolute atomic E-state index is 0.101. The van der Waals surface area contributed by atoms with Crippen LogP contribution in [0.15, 0.2) is 24.3 Å². The molecule has 4 nitrogen and oxygen atoms in total. The van der Waals surface area contributed by atoms with Gasteiger partial charge in [-0.25, -0.2) is 0 Å². The molecule has 1 amide bonds. The number of ether oxygens (including phenoxy) is 1. The van der Waals surface area contributed by atoms with E-state index in [0.29, 0.717) is 5.41 Å². The molecule has 27 heavy (non-hydrogen) atoms. The Kier molecular flexibility index (Phi) is 4.73. The van der Waals surface area contributed by atoms with Crippen molar-refractivity contribution in [1.29, 1.82) is 0 Å². The summed E-state index contributed by atoms with van der Waals surface area (Å²) in [6, 6.07) is 8.19. The summed E-state index contributed by atoms with van der Waals surface area (Å²) in [5, 5.41) is 3.29. The van der Waals surface area contributed by atoms with E-state index in [1.54, 1.807) is 0 Å². The van der Waals surface area contributed by atoms with Gasteiger partial charge in [-0.05, 0) is 79.4 Å². The molecular weight excluding hydrogens is 336 g/mol. The summed E-state index contributed by atoms with van der Waals surface area (Å²) < 4.78 is 5.41. The third-order valence-electron chi connectivity index (χ3n) is 7.52. The van der Waals surface area contributed by atoms with Gasteiger partial charge in [-0.2, -0.15) is 0 Å². The molecule has 1 heterocycles. The van der Waals surface area contributed by atoms with E-state index in [2.05, 4.69) is 22.3 Å². The molecule has 5 fully saturated rings. The smallest absolute Gasteiger partial charge is 0.251 e. The first kappa shape index (κ1) is 17.7. The number of hydrogen-bond acceptors (Lipinski definition) is 3. The predicted octanol–water partition coefficient (Wildman–Crippen LogP) is 3.47. The molecule has 1 aromatic rings. The zero-order valence-electron chi connectivity index (χ0n) is 16.3. The van der Waals surface area contributed by atoms with Gasteiger partial charge < -0.3 is 10.1 Å². The molecule has 0 atom stereocenters. The van der Waals surface area contributed by atoms with E-state index >= 15 is 0 Å². The van der Waals surface area contributed by atoms with Crippen molar-refractivity contribution in [2.45, 2.75) is 45.1 Å². The molecular formula is C23H32N2O2. The van der Waals surface area contributed by atoms with E-state index in [4.69, 9.17) is 4.74 Å². The van der Waals surface area contributed by atoms with Gasteiger partial charge in [0.25, 0.3) is 5.91 Å². The van der Waals surface area contributed by atoms with Gasteiger partial charge in [0.2, 0.25) is 0 Å². The van der Waals surface area contributed by atoms with Crippen molar-refractivity contribution >= 4 is 5.91 Å². The van der Waals surface area contributed by atoms with Crippen molar-refractivity contribution in [1.82, 2.24) is 10.2 Å². The molecule has 0 spiro atoms. The number of carbonyl (C=O) groups excluding carboxylic acids is 1. The largest absolute Gasteiger partial charge is 0.379 e. The third kappa shape index (κ3) is 3.79. The molecule has 1 saturated heterocycles. The Labute approximate surface area is 162 Å². The number of benzene rings is 1. The Hall–Kier alpha value is -1.39. The van der Waals surface area contributed by atoms with Crippen molar-refractivity contribution in [3.63, 3.8) is 0 Å². The van der Waals surface area contributed by atoms with Crippen molar-refractivity contribution in [2.24, 2.45) is 23.2 Å². The molecule has 4 saturated carbocycles. The summed E-state index contributed by atoms with van der Waals surface area (Å²) in [5.74, 6) is 2.91. The van der Waals surface area contributed by atoms with Gasteiger partial charge in [-0.1, -0.05) is 12.1 Å². The van der Waals surface area contributed by atoms with Gasteiger partial charge >= 0.3 is 0 Å². The zero-order chi connectivity index (χ0) is 18.3. The quantitative estimate of drug-likeness (QED) is 0.865. The second kappa shape index (κ2) is 7.21. The highest BCUT2D eigenvalue weighted by Gasteiger charge is 2.50. The fourth-order valence-electron chi connectivity index (χ4n) is 6.66. The van der Waals surface area contributed by atoms with Crippen molar-refractivity contribution < 1.29 is 9.53 Å². The van der Waals surface area contributed by atoms with Gasteiger partial charge in [0.15, 0.2) is 0 Å². The number of rotatable bonds is 5. The predicted molar refractivity (Wildman–Crippen MR) is 105 cm³/mol. The molecule has 4 aliphatic carbocycles. The third-order valence-corrected chi connectivity index (χ3v) is 7.52. The van der Waals surface area contributed by atoms with Crippen LogP contribution in [0.1, 0.15) is 54.4 Å². The van der Waals surface area contributed by atoms with Gasteiger partial charge in [0.05, 0.1) is 13.2 Å². The monoisotopic (exact) mass is 368 g/mol. The second-order valence-electron chi connectivity index (χ2n) is 9.69. The molecule has 6 rings (SSSR count). The molecule has 146 valence electrons. The van der Waals surface area contributed by atoms with Crippen LogP contribution in [0.5, 0.6) is 0 Å². The van der Waals surface area contributed by atoms with Crippen LogP contribution in [-0.2, 0) is 11.3 Å². The molecule has 0 radical (unpaired) electrons. The van der Waals surface area contributed by atoms with Crippen molar-refractivity contribution in [3.05, 3.63) is 35.4 Å². The van der Waals surface area contributed by atoms with Gasteiger partial charge in [0, 0.05) is 31.7 Å². The van der Waals surface area contributed by atoms with Crippen LogP contribution in [0, 0.1) is 23.2 Å². The van der Waals surface area contributed by atoms with E-state index in [1.165, 1.54) is 44.1 Å². The summed E-state index contributed by atoms with van der Waals surface area (Å²) in [4.78, 5) is 15.1. The number of nitrogens with zero attached hydrogens (tertiary/aromatic N) is 1. The first-order valence-electron chi connectivity index (χ1n) is 10.8. The minimum Gasteiger partial charge on any atom is -0.379 e. The molecule has 1 aromatic carbocycles. The number of amides is 1. The normalized spacial score (nSPS) is 35.3. The maximum Gasteiger partial charge on any atom is 0.251 e. The lowest BCUT2D eigenvalue weighted by molar-refractivity contribution is -0.0503. The summed E-state index contributed by atoms with van der Waals surface area (Å²) in [6.45, 7) is 5.46. The first-order valence-corrected chi connectivity index (χ1v) is 10.8. The summed E-state index contributed by atoms with van der Waals surface area (Å²) in [7, 11) is 0. The van der Waals surface area contributed by atoms with Crippen LogP contribution in [0.3, 0.4) is 0 Å². The Balaban J connectivity index is 1.16.